The molecular formula is C31H70Sn4. The Morgan fingerprint density at radius 3 is 0.514 bits per heavy atom. The van der Waals surface area contributed by atoms with E-state index in [0.29, 0.717) is 20.6 Å². The molecule has 0 aliphatic carbocycles. The molecule has 0 bridgehead atoms. The monoisotopic (exact) mass is 922 g/mol. The van der Waals surface area contributed by atoms with Gasteiger partial charge in [-0.05, 0) is 0 Å². The summed E-state index contributed by atoms with van der Waals surface area (Å²) in [5, 5.41) is 0. The maximum atomic E-state index is 2.37. The van der Waals surface area contributed by atoms with E-state index in [0.717, 1.165) is 3.43 Å². The summed E-state index contributed by atoms with van der Waals surface area (Å²) in [6.45, 7) is 52.0. The van der Waals surface area contributed by atoms with Crippen molar-refractivity contribution in [3.8, 4) is 0 Å². The Hall–Kier alpha value is 3.19. The molecule has 35 heavy (non-hydrogen) atoms. The summed E-state index contributed by atoms with van der Waals surface area (Å²) < 4.78 is 6.20. The second kappa shape index (κ2) is 18.6. The van der Waals surface area contributed by atoms with Crippen LogP contribution in [0.2, 0.25) is 28.5 Å². The van der Waals surface area contributed by atoms with Gasteiger partial charge in [0.1, 0.15) is 0 Å². The topological polar surface area (TPSA) is 0 Å². The summed E-state index contributed by atoms with van der Waals surface area (Å²) in [6.07, 6.45) is 1.41. The molecule has 0 unspecified atom stereocenters. The molecule has 0 aromatic heterocycles. The van der Waals surface area contributed by atoms with E-state index < -0.39 is 0 Å². The van der Waals surface area contributed by atoms with Crippen molar-refractivity contribution in [2.24, 2.45) is 0 Å². The summed E-state index contributed by atoms with van der Waals surface area (Å²) in [4.78, 5) is 0. The minimum absolute atomic E-state index is 0.000139. The third-order valence-corrected chi connectivity index (χ3v) is 21.2. The van der Waals surface area contributed by atoms with Gasteiger partial charge in [0.15, 0.2) is 0 Å². The minimum atomic E-state index is -0.182. The zero-order chi connectivity index (χ0) is 29.7. The van der Waals surface area contributed by atoms with Crippen molar-refractivity contribution in [3.05, 3.63) is 0 Å². The Labute approximate surface area is 268 Å². The molecule has 0 saturated carbocycles. The van der Waals surface area contributed by atoms with Gasteiger partial charge in [-0.2, -0.15) is 0 Å². The van der Waals surface area contributed by atoms with Crippen LogP contribution in [0.25, 0.3) is 0 Å². The first kappa shape index (κ1) is 45.2. The SMILES string of the molecule is CC[CH2][Sn][C](C)(C)C.C[C](C)(C)[Sn][C](C)(C)C.C[C](C)(C)[Sn][C](C)(C)C.C[C](C)(C)[Sn][C](C)(C)C. The molecule has 0 aliphatic rings. The standard InChI is InChI=1S/7C4H9.C3H7.4Sn/c7*1-4(2)3;1-3-2;;;;/h7*1-3H3;1,3H2,2H3;;;;. The Balaban J connectivity index is -0.000000183. The maximum absolute atomic E-state index is 2.37. The van der Waals surface area contributed by atoms with Crippen LogP contribution < -0.4 is 0 Å². The van der Waals surface area contributed by atoms with Crippen molar-refractivity contribution in [2.75, 3.05) is 0 Å². The Bertz CT molecular complexity index is 390. The summed E-state index contributed by atoms with van der Waals surface area (Å²) in [5.41, 5.74) is 0. The summed E-state index contributed by atoms with van der Waals surface area (Å²) >= 11 is -0.545. The van der Waals surface area contributed by atoms with Gasteiger partial charge in [-0.1, -0.05) is 0 Å². The van der Waals surface area contributed by atoms with Crippen molar-refractivity contribution >= 4 is 84.6 Å². The van der Waals surface area contributed by atoms with Crippen LogP contribution in [-0.4, -0.2) is 84.6 Å². The summed E-state index contributed by atoms with van der Waals surface area (Å²) in [7, 11) is 0. The van der Waals surface area contributed by atoms with Gasteiger partial charge in [-0.3, -0.25) is 0 Å². The van der Waals surface area contributed by atoms with E-state index in [1.807, 2.05) is 0 Å². The van der Waals surface area contributed by atoms with E-state index in [1.54, 1.807) is 4.44 Å². The number of hydrogen-bond donors (Lipinski definition) is 0. The predicted octanol–water partition coefficient (Wildman–Crippen LogP) is 12.1. The van der Waals surface area contributed by atoms with Gasteiger partial charge >= 0.3 is 272 Å². The Kier molecular flexibility index (Phi) is 24.0. The molecule has 0 aromatic rings. The van der Waals surface area contributed by atoms with Gasteiger partial charge in [0.2, 0.25) is 0 Å². The second-order valence-electron chi connectivity index (χ2n) is 17.1. The molecule has 0 fully saturated rings. The molecule has 0 aromatic carbocycles. The van der Waals surface area contributed by atoms with Crippen molar-refractivity contribution in [1.29, 1.82) is 0 Å². The summed E-state index contributed by atoms with van der Waals surface area (Å²) in [6, 6.07) is 0. The fourth-order valence-electron chi connectivity index (χ4n) is 3.88. The zero-order valence-electron chi connectivity index (χ0n) is 28.9. The zero-order valence-corrected chi connectivity index (χ0v) is 40.3. The van der Waals surface area contributed by atoms with Crippen molar-refractivity contribution in [2.45, 2.75) is 187 Å². The fourth-order valence-corrected chi connectivity index (χ4v) is 26.0. The molecule has 8 radical (unpaired) electrons. The Morgan fingerprint density at radius 1 is 0.314 bits per heavy atom. The van der Waals surface area contributed by atoms with Crippen LogP contribution in [0, 0.1) is 0 Å². The van der Waals surface area contributed by atoms with Crippen LogP contribution in [0.5, 0.6) is 0 Å². The van der Waals surface area contributed by atoms with E-state index in [1.165, 1.54) is 6.42 Å². The second-order valence-corrected chi connectivity index (χ2v) is 51.6. The van der Waals surface area contributed by atoms with Crippen LogP contribution in [0.1, 0.15) is 159 Å². The summed E-state index contributed by atoms with van der Waals surface area (Å²) in [5.74, 6) is 0. The first-order chi connectivity index (χ1) is 14.7. The van der Waals surface area contributed by atoms with E-state index in [-0.39, 0.29) is 84.6 Å². The van der Waals surface area contributed by atoms with Crippen LogP contribution in [0.3, 0.4) is 0 Å². The molecule has 0 heterocycles. The van der Waals surface area contributed by atoms with Crippen molar-refractivity contribution in [3.63, 3.8) is 0 Å². The first-order valence-corrected chi connectivity index (χ1v) is 25.8. The van der Waals surface area contributed by atoms with Gasteiger partial charge in [-0.15, -0.1) is 0 Å². The third kappa shape index (κ3) is 67.1. The molecule has 0 amide bonds. The van der Waals surface area contributed by atoms with Gasteiger partial charge in [0, 0.05) is 0 Å². The molecule has 0 nitrogen and oxygen atoms in total. The molecule has 0 saturated heterocycles. The molecule has 0 N–H and O–H groups in total. The third-order valence-electron chi connectivity index (χ3n) is 3.16. The number of hydrogen-bond acceptors (Lipinski definition) is 0. The van der Waals surface area contributed by atoms with Gasteiger partial charge in [-0.25, -0.2) is 0 Å². The number of rotatable bonds is 2. The molecule has 0 rings (SSSR count). The van der Waals surface area contributed by atoms with E-state index in [4.69, 9.17) is 0 Å². The quantitative estimate of drug-likeness (QED) is 0.242. The van der Waals surface area contributed by atoms with E-state index in [2.05, 4.69) is 152 Å². The predicted molar refractivity (Wildman–Crippen MR) is 176 cm³/mol. The first-order valence-electron chi connectivity index (χ1n) is 13.8. The molecular weight excluding hydrogens is 847 g/mol. The van der Waals surface area contributed by atoms with Crippen LogP contribution >= 0.6 is 0 Å². The van der Waals surface area contributed by atoms with Crippen molar-refractivity contribution in [1.82, 2.24) is 0 Å². The molecule has 210 valence electrons. The van der Waals surface area contributed by atoms with Crippen molar-refractivity contribution < 1.29 is 0 Å². The molecule has 0 spiro atoms. The normalized spacial score (nSPS) is 13.5. The van der Waals surface area contributed by atoms with E-state index >= 15 is 0 Å². The Morgan fingerprint density at radius 2 is 0.486 bits per heavy atom. The average Bonchev–Trinajstić information content (AvgIpc) is 2.33. The van der Waals surface area contributed by atoms with Crippen LogP contribution in [-0.2, 0) is 0 Å². The molecule has 4 heteroatoms. The van der Waals surface area contributed by atoms with Gasteiger partial charge in [0.05, 0.1) is 0 Å². The molecule has 0 aliphatic heterocycles. The van der Waals surface area contributed by atoms with Crippen LogP contribution in [0.4, 0.5) is 0 Å². The van der Waals surface area contributed by atoms with Crippen LogP contribution in [0.15, 0.2) is 0 Å². The fraction of sp³-hybridized carbons (Fsp3) is 1.00. The average molecular weight is 918 g/mol. The van der Waals surface area contributed by atoms with E-state index in [9.17, 15) is 0 Å². The van der Waals surface area contributed by atoms with Gasteiger partial charge in [0.25, 0.3) is 0 Å². The van der Waals surface area contributed by atoms with Gasteiger partial charge < -0.3 is 0 Å². The molecule has 0 atom stereocenters.